The third kappa shape index (κ3) is 5.42. The molecule has 2 fully saturated rings. The summed E-state index contributed by atoms with van der Waals surface area (Å²) in [6.45, 7) is 2.56. The van der Waals surface area contributed by atoms with Crippen molar-refractivity contribution in [2.75, 3.05) is 13.7 Å². The molecule has 1 N–H and O–H groups in total. The van der Waals surface area contributed by atoms with Gasteiger partial charge in [-0.3, -0.25) is 9.59 Å². The predicted molar refractivity (Wildman–Crippen MR) is 122 cm³/mol. The van der Waals surface area contributed by atoms with Gasteiger partial charge in [0.2, 0.25) is 5.91 Å². The van der Waals surface area contributed by atoms with E-state index < -0.39 is 11.4 Å². The fraction of sp³-hybridized carbons (Fsp3) is 0.435. The number of ether oxygens (including phenoxy) is 3. The number of carbonyl (C=O) groups excluding carboxylic acids is 2. The van der Waals surface area contributed by atoms with Crippen molar-refractivity contribution < 1.29 is 23.8 Å². The van der Waals surface area contributed by atoms with Gasteiger partial charge in [-0.1, -0.05) is 29.0 Å². The van der Waals surface area contributed by atoms with Crippen molar-refractivity contribution in [2.45, 2.75) is 38.6 Å². The molecule has 0 bridgehead atoms. The largest absolute Gasteiger partial charge is 0.493 e. The second-order valence-electron chi connectivity index (χ2n) is 8.17. The van der Waals surface area contributed by atoms with Gasteiger partial charge >= 0.3 is 5.97 Å². The summed E-state index contributed by atoms with van der Waals surface area (Å²) in [5, 5.41) is 3.76. The van der Waals surface area contributed by atoms with Gasteiger partial charge in [-0.15, -0.1) is 0 Å². The van der Waals surface area contributed by atoms with E-state index in [9.17, 15) is 9.59 Å². The maximum absolute atomic E-state index is 12.4. The second kappa shape index (κ2) is 9.50. The van der Waals surface area contributed by atoms with Crippen LogP contribution < -0.4 is 14.8 Å². The quantitative estimate of drug-likeness (QED) is 0.389. The van der Waals surface area contributed by atoms with Gasteiger partial charge in [0.1, 0.15) is 16.9 Å². The molecule has 2 aromatic rings. The number of aromatic nitrogens is 1. The molecular formula is C23H25ClN2O5S. The number of rotatable bonds is 10. The van der Waals surface area contributed by atoms with E-state index in [-0.39, 0.29) is 11.9 Å². The van der Waals surface area contributed by atoms with Crippen LogP contribution in [0.2, 0.25) is 5.02 Å². The fourth-order valence-electron chi connectivity index (χ4n) is 3.12. The minimum Gasteiger partial charge on any atom is -0.493 e. The number of nitrogens with one attached hydrogen (secondary N) is 1. The number of methoxy groups -OCH3 is 1. The number of hydrogen-bond donors (Lipinski definition) is 1. The summed E-state index contributed by atoms with van der Waals surface area (Å²) in [7, 11) is 1.30. The van der Waals surface area contributed by atoms with Crippen molar-refractivity contribution in [3.05, 3.63) is 40.4 Å². The monoisotopic (exact) mass is 476 g/mol. The van der Waals surface area contributed by atoms with Crippen LogP contribution in [0.1, 0.15) is 37.5 Å². The average molecular weight is 477 g/mol. The molecule has 7 nitrogen and oxygen atoms in total. The van der Waals surface area contributed by atoms with Crippen LogP contribution in [0.25, 0.3) is 6.08 Å². The molecule has 1 amide bonds. The summed E-state index contributed by atoms with van der Waals surface area (Å²) in [6.07, 6.45) is 8.87. The minimum absolute atomic E-state index is 0.256. The van der Waals surface area contributed by atoms with Gasteiger partial charge in [-0.25, -0.2) is 4.98 Å². The average Bonchev–Trinajstić information content (AvgIpc) is 3.70. The number of amides is 1. The first-order valence-electron chi connectivity index (χ1n) is 10.5. The van der Waals surface area contributed by atoms with Crippen LogP contribution in [0.5, 0.6) is 16.7 Å². The Labute approximate surface area is 195 Å². The zero-order valence-corrected chi connectivity index (χ0v) is 19.5. The molecule has 32 heavy (non-hydrogen) atoms. The van der Waals surface area contributed by atoms with Gasteiger partial charge in [0, 0.05) is 18.3 Å². The van der Waals surface area contributed by atoms with Gasteiger partial charge in [-0.2, -0.15) is 0 Å². The molecule has 1 atom stereocenters. The summed E-state index contributed by atoms with van der Waals surface area (Å²) in [4.78, 5) is 29.3. The van der Waals surface area contributed by atoms with Crippen molar-refractivity contribution >= 4 is 40.9 Å². The minimum atomic E-state index is -1.01. The summed E-state index contributed by atoms with van der Waals surface area (Å²) >= 11 is 7.68. The van der Waals surface area contributed by atoms with Gasteiger partial charge in [0.05, 0.1) is 23.6 Å². The van der Waals surface area contributed by atoms with Crippen LogP contribution in [0, 0.1) is 11.3 Å². The molecule has 1 aromatic heterocycles. The maximum atomic E-state index is 12.4. The van der Waals surface area contributed by atoms with Crippen LogP contribution in [0.15, 0.2) is 30.5 Å². The standard InChI is InChI=1S/C23H25ClN2O5S/c1-14(26-20(27)23(9-10-23)21(28)29-2)3-7-17-12-25-22(32-17)31-19-8-6-16(11-18(19)24)30-13-15-4-5-15/h3,6-8,11-12,14-15H,4-5,9-10,13H2,1-2H3,(H,26,27)/t14-/m0/s1. The molecule has 170 valence electrons. The molecule has 0 radical (unpaired) electrons. The SMILES string of the molecule is COC(=O)C1(C(=O)N[C@@H](C)C=Cc2cnc(Oc3ccc(OCC4CC4)cc3Cl)s2)CC1. The summed E-state index contributed by atoms with van der Waals surface area (Å²) in [5.41, 5.74) is -1.01. The molecule has 2 aliphatic rings. The zero-order chi connectivity index (χ0) is 22.7. The molecule has 2 aliphatic carbocycles. The lowest BCUT2D eigenvalue weighted by molar-refractivity contribution is -0.152. The molecule has 0 spiro atoms. The van der Waals surface area contributed by atoms with Crippen LogP contribution in [-0.2, 0) is 14.3 Å². The first-order chi connectivity index (χ1) is 15.4. The van der Waals surface area contributed by atoms with Crippen molar-refractivity contribution in [3.8, 4) is 16.7 Å². The molecule has 0 unspecified atom stereocenters. The smallest absolute Gasteiger partial charge is 0.321 e. The Morgan fingerprint density at radius 3 is 2.81 bits per heavy atom. The van der Waals surface area contributed by atoms with Gasteiger partial charge < -0.3 is 19.5 Å². The van der Waals surface area contributed by atoms with Gasteiger partial charge in [0.25, 0.3) is 5.19 Å². The topological polar surface area (TPSA) is 86.8 Å². The Hall–Kier alpha value is -2.58. The number of esters is 1. The fourth-order valence-corrected chi connectivity index (χ4v) is 4.02. The Morgan fingerprint density at radius 2 is 2.16 bits per heavy atom. The molecule has 9 heteroatoms. The third-order valence-electron chi connectivity index (χ3n) is 5.45. The van der Waals surface area contributed by atoms with E-state index in [0.29, 0.717) is 34.7 Å². The Kier molecular flexibility index (Phi) is 6.71. The molecular weight excluding hydrogens is 452 g/mol. The number of hydrogen-bond acceptors (Lipinski definition) is 7. The van der Waals surface area contributed by atoms with E-state index in [2.05, 4.69) is 10.3 Å². The Balaban J connectivity index is 1.30. The van der Waals surface area contributed by atoms with E-state index in [1.54, 1.807) is 18.3 Å². The number of thiazole rings is 1. The van der Waals surface area contributed by atoms with Crippen molar-refractivity contribution in [3.63, 3.8) is 0 Å². The van der Waals surface area contributed by atoms with E-state index >= 15 is 0 Å². The van der Waals surface area contributed by atoms with Crippen LogP contribution in [0.4, 0.5) is 0 Å². The summed E-state index contributed by atoms with van der Waals surface area (Å²) < 4.78 is 16.3. The number of carbonyl (C=O) groups is 2. The third-order valence-corrected chi connectivity index (χ3v) is 6.59. The Bertz CT molecular complexity index is 1030. The van der Waals surface area contributed by atoms with Crippen LogP contribution in [-0.4, -0.2) is 36.6 Å². The second-order valence-corrected chi connectivity index (χ2v) is 9.60. The highest BCUT2D eigenvalue weighted by Crippen LogP contribution is 2.47. The number of nitrogens with zero attached hydrogens (tertiary/aromatic N) is 1. The highest BCUT2D eigenvalue weighted by molar-refractivity contribution is 7.14. The Morgan fingerprint density at radius 1 is 1.38 bits per heavy atom. The van der Waals surface area contributed by atoms with E-state index in [0.717, 1.165) is 17.2 Å². The molecule has 0 aliphatic heterocycles. The number of benzene rings is 1. The highest BCUT2D eigenvalue weighted by Gasteiger charge is 2.57. The van der Waals surface area contributed by atoms with Crippen LogP contribution in [0.3, 0.4) is 0 Å². The number of halogens is 1. The summed E-state index contributed by atoms with van der Waals surface area (Å²) in [6, 6.07) is 5.10. The van der Waals surface area contributed by atoms with Crippen molar-refractivity contribution in [1.82, 2.24) is 10.3 Å². The lowest BCUT2D eigenvalue weighted by Crippen LogP contribution is -2.41. The molecule has 4 rings (SSSR count). The van der Waals surface area contributed by atoms with Crippen LogP contribution >= 0.6 is 22.9 Å². The lowest BCUT2D eigenvalue weighted by atomic mass is 10.1. The molecule has 1 aromatic carbocycles. The van der Waals surface area contributed by atoms with Crippen molar-refractivity contribution in [1.29, 1.82) is 0 Å². The van der Waals surface area contributed by atoms with Gasteiger partial charge in [0.15, 0.2) is 0 Å². The van der Waals surface area contributed by atoms with E-state index in [4.69, 9.17) is 25.8 Å². The highest BCUT2D eigenvalue weighted by atomic mass is 35.5. The molecule has 2 saturated carbocycles. The van der Waals surface area contributed by atoms with E-state index in [1.807, 2.05) is 25.1 Å². The van der Waals surface area contributed by atoms with Gasteiger partial charge in [-0.05, 0) is 56.7 Å². The summed E-state index contributed by atoms with van der Waals surface area (Å²) in [5.74, 6) is 1.14. The molecule has 1 heterocycles. The molecule has 0 saturated heterocycles. The predicted octanol–water partition coefficient (Wildman–Crippen LogP) is 4.85. The van der Waals surface area contributed by atoms with Crippen molar-refractivity contribution in [2.24, 2.45) is 11.3 Å². The van der Waals surface area contributed by atoms with E-state index in [1.165, 1.54) is 31.3 Å². The first-order valence-corrected chi connectivity index (χ1v) is 11.7. The first kappa shape index (κ1) is 22.6. The maximum Gasteiger partial charge on any atom is 0.321 e. The zero-order valence-electron chi connectivity index (χ0n) is 17.9. The normalized spacial score (nSPS) is 17.6. The lowest BCUT2D eigenvalue weighted by Gasteiger charge is -2.15.